The van der Waals surface area contributed by atoms with Gasteiger partial charge in [0.15, 0.2) is 0 Å². The summed E-state index contributed by atoms with van der Waals surface area (Å²) >= 11 is 7.26. The van der Waals surface area contributed by atoms with Gasteiger partial charge in [-0.05, 0) is 29.1 Å². The maximum Gasteiger partial charge on any atom is 0.414 e. The Morgan fingerprint density at radius 2 is 1.64 bits per heavy atom. The predicted octanol–water partition coefficient (Wildman–Crippen LogP) is 2.08. The summed E-state index contributed by atoms with van der Waals surface area (Å²) in [6.07, 6.45) is 0. The molecule has 7 nitrogen and oxygen atoms in total. The van der Waals surface area contributed by atoms with Crippen molar-refractivity contribution < 1.29 is 24.6 Å². The first kappa shape index (κ1) is 20.6. The SMILES string of the molecule is O=C(NCCNCc1ccc(Cl)cc1)c1cccs1.O=C(O)C(=O)O. The summed E-state index contributed by atoms with van der Waals surface area (Å²) in [6, 6.07) is 11.4. The number of carbonyl (C=O) groups excluding carboxylic acids is 1. The van der Waals surface area contributed by atoms with Gasteiger partial charge in [0.05, 0.1) is 4.88 Å². The molecule has 0 bridgehead atoms. The van der Waals surface area contributed by atoms with E-state index >= 15 is 0 Å². The highest BCUT2D eigenvalue weighted by Crippen LogP contribution is 2.09. The largest absolute Gasteiger partial charge is 0.473 e. The fourth-order valence-electron chi connectivity index (χ4n) is 1.59. The molecule has 25 heavy (non-hydrogen) atoms. The molecule has 0 unspecified atom stereocenters. The number of carboxylic acids is 2. The molecule has 0 aliphatic rings. The van der Waals surface area contributed by atoms with Gasteiger partial charge in [0.1, 0.15) is 0 Å². The summed E-state index contributed by atoms with van der Waals surface area (Å²) < 4.78 is 0. The van der Waals surface area contributed by atoms with Crippen molar-refractivity contribution in [1.29, 1.82) is 0 Å². The summed E-state index contributed by atoms with van der Waals surface area (Å²) in [4.78, 5) is 30.6. The number of benzene rings is 1. The van der Waals surface area contributed by atoms with E-state index in [9.17, 15) is 4.79 Å². The molecule has 0 radical (unpaired) electrons. The second-order valence-electron chi connectivity index (χ2n) is 4.65. The molecule has 0 spiro atoms. The summed E-state index contributed by atoms with van der Waals surface area (Å²) in [5.74, 6) is -3.66. The summed E-state index contributed by atoms with van der Waals surface area (Å²) in [6.45, 7) is 2.12. The van der Waals surface area contributed by atoms with Crippen LogP contribution in [0.25, 0.3) is 0 Å². The molecule has 9 heteroatoms. The van der Waals surface area contributed by atoms with E-state index in [1.165, 1.54) is 16.9 Å². The fourth-order valence-corrected chi connectivity index (χ4v) is 2.36. The Kier molecular flexibility index (Phi) is 9.23. The molecular weight excluding hydrogens is 368 g/mol. The van der Waals surface area contributed by atoms with Crippen LogP contribution in [0.2, 0.25) is 5.02 Å². The maximum atomic E-state index is 11.6. The second-order valence-corrected chi connectivity index (χ2v) is 6.03. The predicted molar refractivity (Wildman–Crippen MR) is 95.1 cm³/mol. The first-order chi connectivity index (χ1) is 11.9. The van der Waals surface area contributed by atoms with Crippen molar-refractivity contribution in [1.82, 2.24) is 10.6 Å². The molecule has 2 rings (SSSR count). The number of carbonyl (C=O) groups is 3. The van der Waals surface area contributed by atoms with Crippen LogP contribution in [0.5, 0.6) is 0 Å². The van der Waals surface area contributed by atoms with Gasteiger partial charge in [-0.25, -0.2) is 9.59 Å². The normalized spacial score (nSPS) is 9.64. The zero-order valence-electron chi connectivity index (χ0n) is 13.1. The molecule has 1 amide bonds. The first-order valence-electron chi connectivity index (χ1n) is 7.13. The maximum absolute atomic E-state index is 11.6. The number of carboxylic acid groups (broad SMARTS) is 2. The Bertz CT molecular complexity index is 677. The van der Waals surface area contributed by atoms with Gasteiger partial charge in [-0.1, -0.05) is 29.8 Å². The molecule has 1 aromatic heterocycles. The van der Waals surface area contributed by atoms with E-state index in [0.717, 1.165) is 23.0 Å². The lowest BCUT2D eigenvalue weighted by molar-refractivity contribution is -0.159. The molecule has 0 aliphatic heterocycles. The average Bonchev–Trinajstić information content (AvgIpc) is 3.11. The van der Waals surface area contributed by atoms with Gasteiger partial charge in [0.25, 0.3) is 5.91 Å². The number of thiophene rings is 1. The van der Waals surface area contributed by atoms with Crippen LogP contribution in [-0.2, 0) is 16.1 Å². The Morgan fingerprint density at radius 3 is 2.16 bits per heavy atom. The summed E-state index contributed by atoms with van der Waals surface area (Å²) in [7, 11) is 0. The molecule has 2 aromatic rings. The van der Waals surface area contributed by atoms with E-state index in [-0.39, 0.29) is 5.91 Å². The van der Waals surface area contributed by atoms with Crippen LogP contribution in [0.4, 0.5) is 0 Å². The monoisotopic (exact) mass is 384 g/mol. The molecule has 1 heterocycles. The minimum Gasteiger partial charge on any atom is -0.473 e. The molecule has 4 N–H and O–H groups in total. The minimum atomic E-state index is -1.82. The zero-order chi connectivity index (χ0) is 18.7. The third kappa shape index (κ3) is 8.85. The average molecular weight is 385 g/mol. The molecule has 0 aliphatic carbocycles. The van der Waals surface area contributed by atoms with Crippen LogP contribution in [0.15, 0.2) is 41.8 Å². The van der Waals surface area contributed by atoms with E-state index in [1.54, 1.807) is 0 Å². The number of amides is 1. The van der Waals surface area contributed by atoms with Gasteiger partial charge >= 0.3 is 11.9 Å². The van der Waals surface area contributed by atoms with Gasteiger partial charge in [0.2, 0.25) is 0 Å². The van der Waals surface area contributed by atoms with E-state index in [4.69, 9.17) is 31.4 Å². The minimum absolute atomic E-state index is 0.0108. The first-order valence-corrected chi connectivity index (χ1v) is 8.39. The highest BCUT2D eigenvalue weighted by Gasteiger charge is 2.04. The zero-order valence-corrected chi connectivity index (χ0v) is 14.6. The van der Waals surface area contributed by atoms with Gasteiger partial charge < -0.3 is 20.8 Å². The Hall–Kier alpha value is -2.42. The highest BCUT2D eigenvalue weighted by atomic mass is 35.5. The topological polar surface area (TPSA) is 116 Å². The van der Waals surface area contributed by atoms with Crippen LogP contribution in [-0.4, -0.2) is 41.1 Å². The lowest BCUT2D eigenvalue weighted by Gasteiger charge is -2.06. The molecule has 0 saturated carbocycles. The van der Waals surface area contributed by atoms with Crippen LogP contribution in [0, 0.1) is 0 Å². The Labute approximate surface area is 153 Å². The smallest absolute Gasteiger partial charge is 0.414 e. The molecule has 0 atom stereocenters. The van der Waals surface area contributed by atoms with Gasteiger partial charge in [-0.2, -0.15) is 0 Å². The fraction of sp³-hybridized carbons (Fsp3) is 0.188. The second kappa shape index (κ2) is 11.2. The van der Waals surface area contributed by atoms with Crippen LogP contribution in [0.3, 0.4) is 0 Å². The van der Waals surface area contributed by atoms with E-state index in [0.29, 0.717) is 6.54 Å². The number of hydrogen-bond acceptors (Lipinski definition) is 5. The van der Waals surface area contributed by atoms with E-state index in [1.807, 2.05) is 41.8 Å². The lowest BCUT2D eigenvalue weighted by atomic mass is 10.2. The molecule has 1 aromatic carbocycles. The Balaban J connectivity index is 0.000000450. The van der Waals surface area contributed by atoms with Crippen molar-refractivity contribution in [2.75, 3.05) is 13.1 Å². The van der Waals surface area contributed by atoms with E-state index in [2.05, 4.69) is 10.6 Å². The summed E-state index contributed by atoms with van der Waals surface area (Å²) in [5, 5.41) is 23.6. The number of hydrogen-bond donors (Lipinski definition) is 4. The lowest BCUT2D eigenvalue weighted by Crippen LogP contribution is -2.31. The highest BCUT2D eigenvalue weighted by molar-refractivity contribution is 7.12. The van der Waals surface area contributed by atoms with Crippen LogP contribution < -0.4 is 10.6 Å². The molecule has 134 valence electrons. The molecule has 0 fully saturated rings. The third-order valence-corrected chi connectivity index (χ3v) is 3.88. The third-order valence-electron chi connectivity index (χ3n) is 2.76. The van der Waals surface area contributed by atoms with Gasteiger partial charge in [-0.15, -0.1) is 11.3 Å². The van der Waals surface area contributed by atoms with Crippen molar-refractivity contribution in [3.05, 3.63) is 57.2 Å². The van der Waals surface area contributed by atoms with Crippen molar-refractivity contribution in [3.63, 3.8) is 0 Å². The number of halogens is 1. The van der Waals surface area contributed by atoms with E-state index < -0.39 is 11.9 Å². The van der Waals surface area contributed by atoms with Crippen molar-refractivity contribution >= 4 is 40.8 Å². The quantitative estimate of drug-likeness (QED) is 0.447. The van der Waals surface area contributed by atoms with Crippen molar-refractivity contribution in [3.8, 4) is 0 Å². The number of nitrogens with one attached hydrogen (secondary N) is 2. The van der Waals surface area contributed by atoms with Crippen LogP contribution in [0.1, 0.15) is 15.2 Å². The Morgan fingerprint density at radius 1 is 1.00 bits per heavy atom. The van der Waals surface area contributed by atoms with Gasteiger partial charge in [0, 0.05) is 24.7 Å². The van der Waals surface area contributed by atoms with Crippen molar-refractivity contribution in [2.24, 2.45) is 0 Å². The summed E-state index contributed by atoms with van der Waals surface area (Å²) in [5.41, 5.74) is 1.17. The molecular formula is C16H17ClN2O5S. The molecule has 0 saturated heterocycles. The number of aliphatic carboxylic acids is 2. The number of rotatable bonds is 6. The standard InChI is InChI=1S/C14H15ClN2OS.C2H2O4/c15-12-5-3-11(4-6-12)10-16-7-8-17-14(18)13-2-1-9-19-13;3-1(4)2(5)6/h1-6,9,16H,7-8,10H2,(H,17,18);(H,3,4)(H,5,6). The van der Waals surface area contributed by atoms with Crippen molar-refractivity contribution in [2.45, 2.75) is 6.54 Å². The van der Waals surface area contributed by atoms with Gasteiger partial charge in [-0.3, -0.25) is 4.79 Å². The van der Waals surface area contributed by atoms with Crippen LogP contribution >= 0.6 is 22.9 Å².